The molecule has 4 aromatic rings. The fourth-order valence-corrected chi connectivity index (χ4v) is 4.15. The van der Waals surface area contributed by atoms with Crippen molar-refractivity contribution in [3.05, 3.63) is 77.3 Å². The number of aromatic nitrogens is 4. The number of hydrogen-bond donors (Lipinski definition) is 2. The molecule has 1 atom stereocenters. The number of nitrogens with one attached hydrogen (secondary N) is 2. The molecule has 0 spiro atoms. The fourth-order valence-electron chi connectivity index (χ4n) is 4.15. The summed E-state index contributed by atoms with van der Waals surface area (Å²) in [5.41, 5.74) is 5.24. The van der Waals surface area contributed by atoms with Crippen LogP contribution in [0.3, 0.4) is 0 Å². The number of pyridine rings is 2. The second-order valence-corrected chi connectivity index (χ2v) is 8.20. The summed E-state index contributed by atoms with van der Waals surface area (Å²) in [7, 11) is 1.48. The predicted molar refractivity (Wildman–Crippen MR) is 126 cm³/mol. The number of rotatable bonds is 6. The maximum Gasteiger partial charge on any atom is 0.254 e. The van der Waals surface area contributed by atoms with E-state index >= 15 is 0 Å². The van der Waals surface area contributed by atoms with Crippen LogP contribution >= 0.6 is 0 Å². The second kappa shape index (κ2) is 9.11. The average Bonchev–Trinajstić information content (AvgIpc) is 3.34. The number of carbonyl (C=O) groups is 1. The molecule has 3 aromatic heterocycles. The quantitative estimate of drug-likeness (QED) is 0.453. The Morgan fingerprint density at radius 3 is 2.88 bits per heavy atom. The fraction of sp³-hybridized carbons (Fsp3) is 0.240. The van der Waals surface area contributed by atoms with Gasteiger partial charge in [-0.25, -0.2) is 14.4 Å². The van der Waals surface area contributed by atoms with Gasteiger partial charge in [0.25, 0.3) is 5.91 Å². The van der Waals surface area contributed by atoms with Gasteiger partial charge in [0.15, 0.2) is 5.82 Å². The molecule has 0 saturated heterocycles. The molecule has 0 fully saturated rings. The molecule has 1 amide bonds. The van der Waals surface area contributed by atoms with Crippen molar-refractivity contribution in [2.45, 2.75) is 26.1 Å². The lowest BCUT2D eigenvalue weighted by Gasteiger charge is -2.17. The Kier molecular flexibility index (Phi) is 5.85. The van der Waals surface area contributed by atoms with E-state index in [2.05, 4.69) is 36.6 Å². The van der Waals surface area contributed by atoms with E-state index in [1.807, 2.05) is 25.1 Å². The van der Waals surface area contributed by atoms with E-state index in [0.717, 1.165) is 34.3 Å². The molecule has 2 N–H and O–H groups in total. The first-order chi connectivity index (χ1) is 16.5. The number of carbonyl (C=O) groups excluding carboxylic acids is 1. The Balaban J connectivity index is 1.37. The number of benzene rings is 1. The van der Waals surface area contributed by atoms with Crippen molar-refractivity contribution in [3.8, 4) is 11.3 Å². The summed E-state index contributed by atoms with van der Waals surface area (Å²) in [6, 6.07) is 9.40. The lowest BCUT2D eigenvalue weighted by Crippen LogP contribution is -2.20. The Labute approximate surface area is 195 Å². The van der Waals surface area contributed by atoms with Crippen LogP contribution < -0.4 is 10.6 Å². The van der Waals surface area contributed by atoms with Crippen LogP contribution in [0.15, 0.2) is 49.1 Å². The predicted octanol–water partition coefficient (Wildman–Crippen LogP) is 3.83. The van der Waals surface area contributed by atoms with Crippen molar-refractivity contribution < 1.29 is 13.9 Å². The van der Waals surface area contributed by atoms with Crippen LogP contribution in [0.25, 0.3) is 22.2 Å². The highest BCUT2D eigenvalue weighted by Gasteiger charge is 2.19. The van der Waals surface area contributed by atoms with E-state index in [4.69, 9.17) is 4.74 Å². The zero-order valence-corrected chi connectivity index (χ0v) is 18.8. The van der Waals surface area contributed by atoms with E-state index < -0.39 is 11.7 Å². The van der Waals surface area contributed by atoms with Crippen molar-refractivity contribution in [3.63, 3.8) is 0 Å². The Morgan fingerprint density at radius 1 is 1.15 bits per heavy atom. The molecule has 1 aliphatic rings. The van der Waals surface area contributed by atoms with Gasteiger partial charge in [-0.1, -0.05) is 25.1 Å². The minimum atomic E-state index is -0.643. The third-order valence-corrected chi connectivity index (χ3v) is 5.98. The van der Waals surface area contributed by atoms with Gasteiger partial charge >= 0.3 is 0 Å². The SMILES string of the molecule is CNC(=O)c1c(F)cnc2c([C@H](C)CNc3cc(-c4cnc5c(c4)COC5)ncn3)cccc12. The number of fused-ring (bicyclic) bond motifs is 2. The number of ether oxygens (including phenoxy) is 1. The zero-order chi connectivity index (χ0) is 23.7. The summed E-state index contributed by atoms with van der Waals surface area (Å²) in [6.45, 7) is 3.71. The average molecular weight is 458 g/mol. The topological polar surface area (TPSA) is 102 Å². The molecule has 34 heavy (non-hydrogen) atoms. The monoisotopic (exact) mass is 458 g/mol. The van der Waals surface area contributed by atoms with Gasteiger partial charge < -0.3 is 15.4 Å². The summed E-state index contributed by atoms with van der Waals surface area (Å²) in [5.74, 6) is -0.430. The largest absolute Gasteiger partial charge is 0.370 e. The minimum absolute atomic E-state index is 0.00306. The first-order valence-corrected chi connectivity index (χ1v) is 11.0. The van der Waals surface area contributed by atoms with Crippen LogP contribution in [-0.2, 0) is 18.0 Å². The first kappa shape index (κ1) is 21.8. The van der Waals surface area contributed by atoms with Gasteiger partial charge in [-0.15, -0.1) is 0 Å². The maximum absolute atomic E-state index is 14.3. The van der Waals surface area contributed by atoms with E-state index in [9.17, 15) is 9.18 Å². The minimum Gasteiger partial charge on any atom is -0.370 e. The van der Waals surface area contributed by atoms with Gasteiger partial charge in [-0.3, -0.25) is 14.8 Å². The molecular formula is C25H23FN6O2. The Bertz CT molecular complexity index is 1390. The second-order valence-electron chi connectivity index (χ2n) is 8.20. The summed E-state index contributed by atoms with van der Waals surface area (Å²) in [6.07, 6.45) is 4.42. The number of anilines is 1. The van der Waals surface area contributed by atoms with Crippen LogP contribution in [-0.4, -0.2) is 39.4 Å². The standard InChI is InChI=1S/C25H23FN6O2/c1-14(17-4-3-5-18-23(25(33)27-2)19(26)10-30-24(17)18)8-29-22-7-20(31-13-32-22)15-6-16-11-34-12-21(16)28-9-15/h3-7,9-10,13-14H,8,11-12H2,1-2H3,(H,27,33)(H,29,31,32)/t14-/m1/s1. The smallest absolute Gasteiger partial charge is 0.254 e. The zero-order valence-electron chi connectivity index (χ0n) is 18.8. The Morgan fingerprint density at radius 2 is 2.03 bits per heavy atom. The van der Waals surface area contributed by atoms with Gasteiger partial charge in [0.1, 0.15) is 12.1 Å². The molecule has 0 saturated carbocycles. The molecule has 0 bridgehead atoms. The summed E-state index contributed by atoms with van der Waals surface area (Å²) in [4.78, 5) is 29.7. The molecule has 0 radical (unpaired) electrons. The number of para-hydroxylation sites is 1. The van der Waals surface area contributed by atoms with Crippen molar-refractivity contribution in [1.82, 2.24) is 25.3 Å². The van der Waals surface area contributed by atoms with E-state index in [1.165, 1.54) is 13.4 Å². The lowest BCUT2D eigenvalue weighted by atomic mass is 9.96. The van der Waals surface area contributed by atoms with Gasteiger partial charge in [-0.05, 0) is 11.6 Å². The number of halogens is 1. The highest BCUT2D eigenvalue weighted by Crippen LogP contribution is 2.28. The molecule has 172 valence electrons. The van der Waals surface area contributed by atoms with E-state index in [0.29, 0.717) is 36.5 Å². The molecule has 5 rings (SSSR count). The highest BCUT2D eigenvalue weighted by atomic mass is 19.1. The summed E-state index contributed by atoms with van der Waals surface area (Å²) < 4.78 is 19.8. The van der Waals surface area contributed by atoms with Crippen molar-refractivity contribution in [1.29, 1.82) is 0 Å². The number of hydrogen-bond acceptors (Lipinski definition) is 7. The highest BCUT2D eigenvalue weighted by molar-refractivity contribution is 6.06. The van der Waals surface area contributed by atoms with Crippen LogP contribution in [0.1, 0.15) is 40.0 Å². The molecule has 1 aromatic carbocycles. The number of amides is 1. The summed E-state index contributed by atoms with van der Waals surface area (Å²) >= 11 is 0. The molecular weight excluding hydrogens is 435 g/mol. The van der Waals surface area contributed by atoms with Crippen LogP contribution in [0.4, 0.5) is 10.2 Å². The third-order valence-electron chi connectivity index (χ3n) is 5.98. The first-order valence-electron chi connectivity index (χ1n) is 11.0. The Hall–Kier alpha value is -3.98. The van der Waals surface area contributed by atoms with Gasteiger partial charge in [0.05, 0.1) is 41.9 Å². The van der Waals surface area contributed by atoms with Crippen molar-refractivity contribution in [2.24, 2.45) is 0 Å². The van der Waals surface area contributed by atoms with E-state index in [-0.39, 0.29) is 11.5 Å². The molecule has 0 aliphatic carbocycles. The number of nitrogens with zero attached hydrogens (tertiary/aromatic N) is 4. The molecule has 4 heterocycles. The van der Waals surface area contributed by atoms with Crippen molar-refractivity contribution in [2.75, 3.05) is 18.9 Å². The maximum atomic E-state index is 14.3. The molecule has 8 nitrogen and oxygen atoms in total. The summed E-state index contributed by atoms with van der Waals surface area (Å²) in [5, 5.41) is 6.34. The lowest BCUT2D eigenvalue weighted by molar-refractivity contribution is 0.0960. The van der Waals surface area contributed by atoms with Gasteiger partial charge in [-0.2, -0.15) is 0 Å². The van der Waals surface area contributed by atoms with Gasteiger partial charge in [0.2, 0.25) is 0 Å². The van der Waals surface area contributed by atoms with Crippen LogP contribution in [0, 0.1) is 5.82 Å². The van der Waals surface area contributed by atoms with Gasteiger partial charge in [0, 0.05) is 48.3 Å². The normalized spacial score (nSPS) is 13.5. The molecule has 1 aliphatic heterocycles. The van der Waals surface area contributed by atoms with E-state index in [1.54, 1.807) is 12.3 Å². The van der Waals surface area contributed by atoms with Crippen LogP contribution in [0.2, 0.25) is 0 Å². The van der Waals surface area contributed by atoms with Crippen LogP contribution in [0.5, 0.6) is 0 Å². The third kappa shape index (κ3) is 4.06. The molecule has 9 heteroatoms. The molecule has 0 unspecified atom stereocenters. The van der Waals surface area contributed by atoms with Crippen molar-refractivity contribution >= 4 is 22.6 Å².